The van der Waals surface area contributed by atoms with Crippen LogP contribution in [0.1, 0.15) is 26.7 Å². The number of ether oxygens (including phenoxy) is 1. The second-order valence-electron chi connectivity index (χ2n) is 5.27. The van der Waals surface area contributed by atoms with E-state index in [0.29, 0.717) is 0 Å². The summed E-state index contributed by atoms with van der Waals surface area (Å²) >= 11 is 0. The van der Waals surface area contributed by atoms with Crippen molar-refractivity contribution in [2.75, 3.05) is 11.5 Å². The zero-order chi connectivity index (χ0) is 18.4. The Kier molecular flexibility index (Phi) is 7.30. The van der Waals surface area contributed by atoms with Crippen molar-refractivity contribution >= 4 is 19.7 Å². The number of hydrogen-bond donors (Lipinski definition) is 0. The quantitative estimate of drug-likeness (QED) is 0.439. The van der Waals surface area contributed by atoms with E-state index in [4.69, 9.17) is 17.6 Å². The SMILES string of the molecule is C#CCC(C)(OC(C)(CC#C)S(=O)(=O)CC=C)S(=O)(=O)CC=C. The maximum Gasteiger partial charge on any atom is 0.184 e. The molecule has 128 valence electrons. The molecule has 2 atom stereocenters. The molecule has 0 bridgehead atoms. The van der Waals surface area contributed by atoms with Crippen molar-refractivity contribution in [1.29, 1.82) is 0 Å². The second-order valence-corrected chi connectivity index (χ2v) is 10.1. The van der Waals surface area contributed by atoms with Crippen LogP contribution in [-0.2, 0) is 24.4 Å². The Bertz CT molecular complexity index is 670. The Hall–Kier alpha value is -1.54. The maximum absolute atomic E-state index is 12.5. The van der Waals surface area contributed by atoms with Gasteiger partial charge in [0.15, 0.2) is 29.5 Å². The van der Waals surface area contributed by atoms with E-state index in [1.54, 1.807) is 0 Å². The third kappa shape index (κ3) is 4.71. The summed E-state index contributed by atoms with van der Waals surface area (Å²) in [4.78, 5) is -3.81. The van der Waals surface area contributed by atoms with Crippen LogP contribution in [0, 0.1) is 24.7 Å². The van der Waals surface area contributed by atoms with Gasteiger partial charge in [-0.25, -0.2) is 16.8 Å². The summed E-state index contributed by atoms with van der Waals surface area (Å²) < 4.78 is 55.4. The molecule has 0 aromatic rings. The lowest BCUT2D eigenvalue weighted by Crippen LogP contribution is -2.51. The highest BCUT2D eigenvalue weighted by Crippen LogP contribution is 2.35. The van der Waals surface area contributed by atoms with Crippen molar-refractivity contribution in [3.63, 3.8) is 0 Å². The Labute approximate surface area is 139 Å². The van der Waals surface area contributed by atoms with Crippen molar-refractivity contribution in [2.24, 2.45) is 0 Å². The summed E-state index contributed by atoms with van der Waals surface area (Å²) in [5.41, 5.74) is 0. The van der Waals surface area contributed by atoms with Crippen LogP contribution in [-0.4, -0.2) is 38.2 Å². The molecular weight excluding hydrogens is 336 g/mol. The molecule has 0 heterocycles. The third-order valence-electron chi connectivity index (χ3n) is 3.27. The van der Waals surface area contributed by atoms with Crippen LogP contribution < -0.4 is 0 Å². The maximum atomic E-state index is 12.5. The largest absolute Gasteiger partial charge is 0.335 e. The van der Waals surface area contributed by atoms with Gasteiger partial charge in [-0.05, 0) is 13.8 Å². The fourth-order valence-corrected chi connectivity index (χ4v) is 4.52. The molecule has 0 spiro atoms. The zero-order valence-corrected chi connectivity index (χ0v) is 15.0. The lowest BCUT2D eigenvalue weighted by atomic mass is 10.2. The minimum atomic E-state index is -3.90. The van der Waals surface area contributed by atoms with Gasteiger partial charge in [-0.3, -0.25) is 0 Å². The summed E-state index contributed by atoms with van der Waals surface area (Å²) in [7, 11) is -7.80. The van der Waals surface area contributed by atoms with E-state index in [2.05, 4.69) is 25.0 Å². The van der Waals surface area contributed by atoms with Crippen molar-refractivity contribution < 1.29 is 21.6 Å². The van der Waals surface area contributed by atoms with E-state index >= 15 is 0 Å². The monoisotopic (exact) mass is 358 g/mol. The fourth-order valence-electron chi connectivity index (χ4n) is 1.91. The molecule has 0 amide bonds. The fraction of sp³-hybridized carbons (Fsp3) is 0.500. The van der Waals surface area contributed by atoms with E-state index in [0.717, 1.165) is 0 Å². The molecule has 2 unspecified atom stereocenters. The van der Waals surface area contributed by atoms with Crippen LogP contribution in [0.25, 0.3) is 0 Å². The number of hydrogen-bond acceptors (Lipinski definition) is 5. The molecule has 23 heavy (non-hydrogen) atoms. The molecule has 0 aromatic heterocycles. The Morgan fingerprint density at radius 2 is 1.22 bits per heavy atom. The Morgan fingerprint density at radius 1 is 0.913 bits per heavy atom. The van der Waals surface area contributed by atoms with Gasteiger partial charge in [-0.15, -0.1) is 37.8 Å². The van der Waals surface area contributed by atoms with E-state index < -0.39 is 41.0 Å². The van der Waals surface area contributed by atoms with Crippen molar-refractivity contribution in [1.82, 2.24) is 0 Å². The molecule has 0 fully saturated rings. The standard InChI is InChI=1S/C16H22O5S2/c1-7-11-15(5,22(17,18)13-9-3)21-16(6,12-8-2)23(19,20)14-10-4/h1-2,9-10H,3-4,11-14H2,5-6H3. The molecular formula is C16H22O5S2. The van der Waals surface area contributed by atoms with Crippen LogP contribution in [0.5, 0.6) is 0 Å². The van der Waals surface area contributed by atoms with Gasteiger partial charge in [-0.2, -0.15) is 0 Å². The van der Waals surface area contributed by atoms with Crippen LogP contribution in [0.15, 0.2) is 25.3 Å². The summed E-state index contributed by atoms with van der Waals surface area (Å²) in [6.45, 7) is 9.24. The first-order valence-corrected chi connectivity index (χ1v) is 9.99. The molecule has 0 N–H and O–H groups in total. The molecule has 0 saturated carbocycles. The minimum absolute atomic E-state index is 0.326. The van der Waals surface area contributed by atoms with Crippen molar-refractivity contribution in [2.45, 2.75) is 36.6 Å². The predicted molar refractivity (Wildman–Crippen MR) is 92.8 cm³/mol. The first kappa shape index (κ1) is 21.5. The molecule has 0 radical (unpaired) electrons. The predicted octanol–water partition coefficient (Wildman–Crippen LogP) is 1.68. The van der Waals surface area contributed by atoms with Gasteiger partial charge in [0.2, 0.25) is 0 Å². The minimum Gasteiger partial charge on any atom is -0.335 e. The molecule has 0 aliphatic carbocycles. The average Bonchev–Trinajstić information content (AvgIpc) is 2.38. The second kappa shape index (κ2) is 7.83. The molecule has 0 saturated heterocycles. The summed E-state index contributed by atoms with van der Waals surface area (Å²) in [5, 5.41) is 0. The van der Waals surface area contributed by atoms with Gasteiger partial charge in [-0.1, -0.05) is 12.2 Å². The van der Waals surface area contributed by atoms with Crippen LogP contribution in [0.4, 0.5) is 0 Å². The summed E-state index contributed by atoms with van der Waals surface area (Å²) in [5.74, 6) is 3.62. The molecule has 5 nitrogen and oxygen atoms in total. The average molecular weight is 358 g/mol. The van der Waals surface area contributed by atoms with Gasteiger partial charge >= 0.3 is 0 Å². The molecule has 7 heteroatoms. The van der Waals surface area contributed by atoms with E-state index in [1.165, 1.54) is 26.0 Å². The lowest BCUT2D eigenvalue weighted by molar-refractivity contribution is -0.0426. The molecule has 0 rings (SSSR count). The number of rotatable bonds is 10. The van der Waals surface area contributed by atoms with Crippen molar-refractivity contribution in [3.8, 4) is 24.7 Å². The molecule has 0 aliphatic rings. The van der Waals surface area contributed by atoms with E-state index in [-0.39, 0.29) is 12.8 Å². The van der Waals surface area contributed by atoms with Gasteiger partial charge in [0, 0.05) is 0 Å². The lowest BCUT2D eigenvalue weighted by Gasteiger charge is -2.37. The molecule has 0 aliphatic heterocycles. The topological polar surface area (TPSA) is 77.5 Å². The van der Waals surface area contributed by atoms with E-state index in [1.807, 2.05) is 0 Å². The van der Waals surface area contributed by atoms with E-state index in [9.17, 15) is 16.8 Å². The van der Waals surface area contributed by atoms with Gasteiger partial charge in [0.1, 0.15) is 0 Å². The van der Waals surface area contributed by atoms with Crippen LogP contribution in [0.2, 0.25) is 0 Å². The summed E-state index contributed by atoms with van der Waals surface area (Å²) in [6, 6.07) is 0. The Balaban J connectivity index is 6.15. The smallest absolute Gasteiger partial charge is 0.184 e. The highest BCUT2D eigenvalue weighted by atomic mass is 32.2. The molecule has 0 aromatic carbocycles. The van der Waals surface area contributed by atoms with Gasteiger partial charge < -0.3 is 4.74 Å². The van der Waals surface area contributed by atoms with Crippen molar-refractivity contribution in [3.05, 3.63) is 25.3 Å². The highest BCUT2D eigenvalue weighted by molar-refractivity contribution is 7.93. The van der Waals surface area contributed by atoms with Gasteiger partial charge in [0.05, 0.1) is 24.3 Å². The number of terminal acetylenes is 2. The highest BCUT2D eigenvalue weighted by Gasteiger charge is 2.49. The zero-order valence-electron chi connectivity index (χ0n) is 13.4. The Morgan fingerprint density at radius 3 is 1.43 bits per heavy atom. The van der Waals surface area contributed by atoms with Crippen LogP contribution in [0.3, 0.4) is 0 Å². The third-order valence-corrected chi connectivity index (χ3v) is 7.70. The normalized spacial score (nSPS) is 17.0. The van der Waals surface area contributed by atoms with Crippen LogP contribution >= 0.6 is 0 Å². The number of sulfone groups is 2. The summed E-state index contributed by atoms with van der Waals surface area (Å²) in [6.07, 6.45) is 12.2. The van der Waals surface area contributed by atoms with Gasteiger partial charge in [0.25, 0.3) is 0 Å². The first-order chi connectivity index (χ1) is 10.4. The first-order valence-electron chi connectivity index (χ1n) is 6.69.